The van der Waals surface area contributed by atoms with Crippen LogP contribution in [0.2, 0.25) is 0 Å². The van der Waals surface area contributed by atoms with Crippen LogP contribution in [0.4, 0.5) is 0 Å². The number of rotatable bonds is 5. The summed E-state index contributed by atoms with van der Waals surface area (Å²) in [7, 11) is 0. The van der Waals surface area contributed by atoms with Gasteiger partial charge in [0, 0.05) is 18.2 Å². The fourth-order valence-electron chi connectivity index (χ4n) is 5.43. The van der Waals surface area contributed by atoms with E-state index in [9.17, 15) is 0 Å². The van der Waals surface area contributed by atoms with Crippen molar-refractivity contribution >= 4 is 0 Å². The lowest BCUT2D eigenvalue weighted by Crippen LogP contribution is -2.63. The Balaban J connectivity index is 1.75. The number of hydrogen-bond donors (Lipinski definition) is 1. The number of likely N-dealkylation sites (N-methyl/N-ethyl adjacent to an activating group) is 1. The molecular formula is C18H34N2O. The van der Waals surface area contributed by atoms with E-state index in [1.165, 1.54) is 57.8 Å². The van der Waals surface area contributed by atoms with Gasteiger partial charge in [0.15, 0.2) is 0 Å². The molecule has 3 fully saturated rings. The van der Waals surface area contributed by atoms with Gasteiger partial charge in [0.05, 0.1) is 5.60 Å². The van der Waals surface area contributed by atoms with Crippen molar-refractivity contribution < 1.29 is 4.74 Å². The molecule has 2 saturated carbocycles. The number of nitrogens with two attached hydrogens (primary N) is 1. The van der Waals surface area contributed by atoms with Gasteiger partial charge in [-0.25, -0.2) is 0 Å². The molecule has 0 aromatic heterocycles. The third kappa shape index (κ3) is 2.66. The molecule has 3 heteroatoms. The highest BCUT2D eigenvalue weighted by Crippen LogP contribution is 2.48. The average molecular weight is 294 g/mol. The van der Waals surface area contributed by atoms with E-state index in [4.69, 9.17) is 10.5 Å². The second-order valence-electron chi connectivity index (χ2n) is 7.65. The first-order valence-corrected chi connectivity index (χ1v) is 9.30. The van der Waals surface area contributed by atoms with Crippen molar-refractivity contribution in [3.8, 4) is 0 Å². The van der Waals surface area contributed by atoms with Gasteiger partial charge in [-0.15, -0.1) is 0 Å². The van der Waals surface area contributed by atoms with Gasteiger partial charge in [-0.1, -0.05) is 26.7 Å². The predicted octanol–water partition coefficient (Wildman–Crippen LogP) is 3.32. The molecule has 2 atom stereocenters. The van der Waals surface area contributed by atoms with Crippen LogP contribution < -0.4 is 5.73 Å². The van der Waals surface area contributed by atoms with Gasteiger partial charge in [0.25, 0.3) is 0 Å². The van der Waals surface area contributed by atoms with Gasteiger partial charge in [0.1, 0.15) is 0 Å². The van der Waals surface area contributed by atoms with Crippen LogP contribution in [0.25, 0.3) is 0 Å². The first-order valence-electron chi connectivity index (χ1n) is 9.30. The molecule has 3 aliphatic rings. The number of hydrogen-bond acceptors (Lipinski definition) is 3. The standard InChI is InChI=1S/C18H34N2O/c1-3-20(4-2)18(11-5-6-12-18)16(19)15-8-13-21-17(14-15)9-7-10-17/h15-16H,3-14,19H2,1-2H3. The van der Waals surface area contributed by atoms with Crippen LogP contribution in [0.3, 0.4) is 0 Å². The smallest absolute Gasteiger partial charge is 0.0685 e. The Morgan fingerprint density at radius 3 is 2.29 bits per heavy atom. The molecule has 1 heterocycles. The summed E-state index contributed by atoms with van der Waals surface area (Å²) < 4.78 is 6.12. The quantitative estimate of drug-likeness (QED) is 0.845. The van der Waals surface area contributed by atoms with Gasteiger partial charge in [-0.3, -0.25) is 4.90 Å². The van der Waals surface area contributed by atoms with E-state index in [1.807, 2.05) is 0 Å². The van der Waals surface area contributed by atoms with Crippen molar-refractivity contribution in [2.75, 3.05) is 19.7 Å². The minimum atomic E-state index is 0.226. The zero-order chi connectivity index (χ0) is 14.9. The molecular weight excluding hydrogens is 260 g/mol. The Bertz CT molecular complexity index is 343. The summed E-state index contributed by atoms with van der Waals surface area (Å²) >= 11 is 0. The molecule has 1 saturated heterocycles. The Kier molecular flexibility index (Phi) is 4.63. The van der Waals surface area contributed by atoms with E-state index in [1.54, 1.807) is 0 Å². The molecule has 21 heavy (non-hydrogen) atoms. The maximum atomic E-state index is 6.94. The summed E-state index contributed by atoms with van der Waals surface area (Å²) in [6, 6.07) is 0.335. The van der Waals surface area contributed by atoms with E-state index in [0.717, 1.165) is 19.7 Å². The highest BCUT2D eigenvalue weighted by molar-refractivity contribution is 5.07. The molecule has 1 spiro atoms. The minimum absolute atomic E-state index is 0.226. The molecule has 2 N–H and O–H groups in total. The second-order valence-corrected chi connectivity index (χ2v) is 7.65. The van der Waals surface area contributed by atoms with Gasteiger partial charge >= 0.3 is 0 Å². The fourth-order valence-corrected chi connectivity index (χ4v) is 5.43. The van der Waals surface area contributed by atoms with Crippen molar-refractivity contribution in [2.24, 2.45) is 11.7 Å². The van der Waals surface area contributed by atoms with Gasteiger partial charge in [-0.05, 0) is 64.0 Å². The first-order chi connectivity index (χ1) is 10.2. The van der Waals surface area contributed by atoms with Crippen LogP contribution in [0.1, 0.15) is 71.6 Å². The minimum Gasteiger partial charge on any atom is -0.375 e. The normalized spacial score (nSPS) is 32.3. The van der Waals surface area contributed by atoms with Crippen LogP contribution >= 0.6 is 0 Å². The third-order valence-electron chi connectivity index (χ3n) is 6.79. The van der Waals surface area contributed by atoms with Gasteiger partial charge in [-0.2, -0.15) is 0 Å². The average Bonchev–Trinajstić information content (AvgIpc) is 2.97. The molecule has 0 radical (unpaired) electrons. The lowest BCUT2D eigenvalue weighted by molar-refractivity contribution is -0.151. The Morgan fingerprint density at radius 2 is 1.76 bits per heavy atom. The summed E-state index contributed by atoms with van der Waals surface area (Å²) in [6.07, 6.45) is 11.6. The monoisotopic (exact) mass is 294 g/mol. The fraction of sp³-hybridized carbons (Fsp3) is 1.00. The summed E-state index contributed by atoms with van der Waals surface area (Å²) in [4.78, 5) is 2.67. The van der Waals surface area contributed by atoms with Gasteiger partial charge in [0.2, 0.25) is 0 Å². The van der Waals surface area contributed by atoms with E-state index < -0.39 is 0 Å². The van der Waals surface area contributed by atoms with Crippen LogP contribution in [-0.2, 0) is 4.74 Å². The number of ether oxygens (including phenoxy) is 1. The summed E-state index contributed by atoms with van der Waals surface area (Å²) in [5.74, 6) is 0.665. The van der Waals surface area contributed by atoms with Crippen molar-refractivity contribution in [3.05, 3.63) is 0 Å². The molecule has 2 aliphatic carbocycles. The maximum Gasteiger partial charge on any atom is 0.0685 e. The second kappa shape index (κ2) is 6.17. The van der Waals surface area contributed by atoms with Crippen LogP contribution in [0.5, 0.6) is 0 Å². The third-order valence-corrected chi connectivity index (χ3v) is 6.79. The Morgan fingerprint density at radius 1 is 1.10 bits per heavy atom. The summed E-state index contributed by atoms with van der Waals surface area (Å²) in [6.45, 7) is 7.81. The van der Waals surface area contributed by atoms with E-state index >= 15 is 0 Å². The number of nitrogens with zero attached hydrogens (tertiary/aromatic N) is 1. The van der Waals surface area contributed by atoms with Crippen LogP contribution in [0.15, 0.2) is 0 Å². The van der Waals surface area contributed by atoms with Crippen molar-refractivity contribution in [1.82, 2.24) is 4.90 Å². The van der Waals surface area contributed by atoms with E-state index in [0.29, 0.717) is 12.0 Å². The summed E-state index contributed by atoms with van der Waals surface area (Å²) in [5.41, 5.74) is 7.44. The molecule has 1 aliphatic heterocycles. The molecule has 0 bridgehead atoms. The Hall–Kier alpha value is -0.120. The van der Waals surface area contributed by atoms with Crippen molar-refractivity contribution in [2.45, 2.75) is 88.8 Å². The van der Waals surface area contributed by atoms with Crippen LogP contribution in [-0.4, -0.2) is 41.8 Å². The summed E-state index contributed by atoms with van der Waals surface area (Å²) in [5, 5.41) is 0. The van der Waals surface area contributed by atoms with Crippen molar-refractivity contribution in [3.63, 3.8) is 0 Å². The first kappa shape index (κ1) is 15.8. The van der Waals surface area contributed by atoms with Gasteiger partial charge < -0.3 is 10.5 Å². The molecule has 0 aromatic rings. The van der Waals surface area contributed by atoms with E-state index in [2.05, 4.69) is 18.7 Å². The topological polar surface area (TPSA) is 38.5 Å². The maximum absolute atomic E-state index is 6.94. The predicted molar refractivity (Wildman–Crippen MR) is 87.4 cm³/mol. The zero-order valence-electron chi connectivity index (χ0n) is 14.1. The lowest BCUT2D eigenvalue weighted by atomic mass is 9.67. The van der Waals surface area contributed by atoms with Crippen molar-refractivity contribution in [1.29, 1.82) is 0 Å². The molecule has 0 amide bonds. The van der Waals surface area contributed by atoms with Crippen LogP contribution in [0, 0.1) is 5.92 Å². The molecule has 122 valence electrons. The lowest BCUT2D eigenvalue weighted by Gasteiger charge is -2.53. The largest absolute Gasteiger partial charge is 0.375 e. The molecule has 3 rings (SSSR count). The Labute approximate surface area is 130 Å². The molecule has 0 aromatic carbocycles. The molecule has 3 nitrogen and oxygen atoms in total. The highest BCUT2D eigenvalue weighted by atomic mass is 16.5. The molecule has 2 unspecified atom stereocenters. The highest BCUT2D eigenvalue weighted by Gasteiger charge is 2.50. The SMILES string of the molecule is CCN(CC)C1(C(N)C2CCOC3(CCC3)C2)CCCC1. The zero-order valence-corrected chi connectivity index (χ0v) is 14.1. The van der Waals surface area contributed by atoms with E-state index in [-0.39, 0.29) is 11.1 Å².